The Hall–Kier alpha value is -2.10. The molecule has 0 atom stereocenters. The lowest BCUT2D eigenvalue weighted by atomic mass is 10.2. The van der Waals surface area contributed by atoms with E-state index < -0.39 is 27.0 Å². The van der Waals surface area contributed by atoms with E-state index in [2.05, 4.69) is 4.74 Å². The zero-order valence-electron chi connectivity index (χ0n) is 13.8. The van der Waals surface area contributed by atoms with Gasteiger partial charge in [-0.15, -0.1) is 13.2 Å². The minimum Gasteiger partial charge on any atom is -0.404 e. The fraction of sp³-hybridized carbons (Fsp3) is 0.294. The number of alkyl halides is 3. The second-order valence-electron chi connectivity index (χ2n) is 5.46. The highest BCUT2D eigenvalue weighted by Crippen LogP contribution is 2.31. The molecule has 0 aromatic heterocycles. The summed E-state index contributed by atoms with van der Waals surface area (Å²) in [6.07, 6.45) is -4.62. The van der Waals surface area contributed by atoms with Gasteiger partial charge in [-0.2, -0.15) is 4.31 Å². The summed E-state index contributed by atoms with van der Waals surface area (Å²) >= 11 is 0. The van der Waals surface area contributed by atoms with Crippen molar-refractivity contribution in [2.24, 2.45) is 5.73 Å². The van der Waals surface area contributed by atoms with E-state index in [1.807, 2.05) is 0 Å². The lowest BCUT2D eigenvalue weighted by Crippen LogP contribution is -2.33. The normalized spacial score (nSPS) is 12.3. The van der Waals surface area contributed by atoms with Crippen molar-refractivity contribution in [3.63, 3.8) is 0 Å². The molecule has 0 saturated heterocycles. The van der Waals surface area contributed by atoms with E-state index in [4.69, 9.17) is 5.73 Å². The van der Waals surface area contributed by atoms with Gasteiger partial charge in [-0.1, -0.05) is 42.5 Å². The molecule has 0 saturated carbocycles. The molecule has 2 aromatic rings. The summed E-state index contributed by atoms with van der Waals surface area (Å²) in [5.41, 5.74) is 6.18. The molecular weight excluding hydrogens is 369 g/mol. The summed E-state index contributed by atoms with van der Waals surface area (Å²) in [5, 5.41) is 0. The first-order chi connectivity index (χ1) is 12.2. The minimum absolute atomic E-state index is 0.0174. The molecule has 142 valence electrons. The monoisotopic (exact) mass is 388 g/mol. The largest absolute Gasteiger partial charge is 0.573 e. The molecule has 0 heterocycles. The van der Waals surface area contributed by atoms with Gasteiger partial charge >= 0.3 is 6.36 Å². The van der Waals surface area contributed by atoms with Gasteiger partial charge in [-0.25, -0.2) is 8.42 Å². The molecule has 5 nitrogen and oxygen atoms in total. The van der Waals surface area contributed by atoms with Crippen LogP contribution in [0, 0.1) is 0 Å². The van der Waals surface area contributed by atoms with Crippen LogP contribution in [0.15, 0.2) is 59.5 Å². The maximum absolute atomic E-state index is 13.0. The molecule has 0 radical (unpaired) electrons. The molecule has 9 heteroatoms. The maximum Gasteiger partial charge on any atom is 0.573 e. The van der Waals surface area contributed by atoms with Crippen LogP contribution in [0.2, 0.25) is 0 Å². The van der Waals surface area contributed by atoms with Gasteiger partial charge < -0.3 is 10.5 Å². The van der Waals surface area contributed by atoms with Crippen molar-refractivity contribution in [3.8, 4) is 5.75 Å². The van der Waals surface area contributed by atoms with E-state index in [1.54, 1.807) is 30.3 Å². The van der Waals surface area contributed by atoms with E-state index >= 15 is 0 Å². The van der Waals surface area contributed by atoms with Gasteiger partial charge in [-0.3, -0.25) is 0 Å². The minimum atomic E-state index is -4.99. The number of nitrogens with zero attached hydrogens (tertiary/aromatic N) is 1. The van der Waals surface area contributed by atoms with E-state index in [0.717, 1.165) is 16.4 Å². The van der Waals surface area contributed by atoms with Crippen molar-refractivity contribution in [3.05, 3.63) is 60.2 Å². The number of benzene rings is 2. The van der Waals surface area contributed by atoms with Crippen LogP contribution in [-0.2, 0) is 16.6 Å². The Balaban J connectivity index is 2.40. The SMILES string of the molecule is NCCCN(Cc1ccccc1)S(=O)(=O)c1ccccc1OC(F)(F)F. The zero-order valence-corrected chi connectivity index (χ0v) is 14.6. The summed E-state index contributed by atoms with van der Waals surface area (Å²) in [4.78, 5) is -0.537. The molecule has 2 N–H and O–H groups in total. The Morgan fingerprint density at radius 1 is 1.00 bits per heavy atom. The second-order valence-corrected chi connectivity index (χ2v) is 7.37. The van der Waals surface area contributed by atoms with Gasteiger partial charge in [0.1, 0.15) is 10.6 Å². The molecule has 2 rings (SSSR count). The predicted molar refractivity (Wildman–Crippen MR) is 90.8 cm³/mol. The summed E-state index contributed by atoms with van der Waals surface area (Å²) in [5.74, 6) is -0.759. The van der Waals surface area contributed by atoms with Crippen LogP contribution in [0.4, 0.5) is 13.2 Å². The van der Waals surface area contributed by atoms with Gasteiger partial charge in [0.2, 0.25) is 10.0 Å². The van der Waals surface area contributed by atoms with Crippen LogP contribution >= 0.6 is 0 Å². The van der Waals surface area contributed by atoms with Crippen molar-refractivity contribution in [1.82, 2.24) is 4.31 Å². The zero-order chi connectivity index (χ0) is 19.2. The molecule has 0 aliphatic carbocycles. The second kappa shape index (κ2) is 8.52. The number of halogens is 3. The quantitative estimate of drug-likeness (QED) is 0.754. The Morgan fingerprint density at radius 3 is 2.23 bits per heavy atom. The molecule has 0 bridgehead atoms. The van der Waals surface area contributed by atoms with Crippen molar-refractivity contribution < 1.29 is 26.3 Å². The number of ether oxygens (including phenoxy) is 1. The smallest absolute Gasteiger partial charge is 0.404 e. The number of rotatable bonds is 8. The average molecular weight is 388 g/mol. The number of hydrogen-bond donors (Lipinski definition) is 1. The van der Waals surface area contributed by atoms with E-state index in [0.29, 0.717) is 12.0 Å². The summed E-state index contributed by atoms with van der Waals surface area (Å²) in [6.45, 7) is 0.346. The predicted octanol–water partition coefficient (Wildman–Crippen LogP) is 3.12. The van der Waals surface area contributed by atoms with Gasteiger partial charge in [0.25, 0.3) is 0 Å². The van der Waals surface area contributed by atoms with Gasteiger partial charge in [0.05, 0.1) is 0 Å². The van der Waals surface area contributed by atoms with Crippen LogP contribution in [0.1, 0.15) is 12.0 Å². The standard InChI is InChI=1S/C17H19F3N2O3S/c18-17(19,20)25-15-9-4-5-10-16(15)26(23,24)22(12-6-11-21)13-14-7-2-1-3-8-14/h1-5,7-10H,6,11-13,21H2. The topological polar surface area (TPSA) is 72.6 Å². The highest BCUT2D eigenvalue weighted by Gasteiger charge is 2.35. The average Bonchev–Trinajstić information content (AvgIpc) is 2.58. The van der Waals surface area contributed by atoms with Crippen LogP contribution in [0.5, 0.6) is 5.75 Å². The highest BCUT2D eigenvalue weighted by molar-refractivity contribution is 7.89. The first-order valence-corrected chi connectivity index (χ1v) is 9.27. The molecule has 0 aliphatic heterocycles. The highest BCUT2D eigenvalue weighted by atomic mass is 32.2. The van der Waals surface area contributed by atoms with Crippen LogP contribution in [-0.4, -0.2) is 32.2 Å². The van der Waals surface area contributed by atoms with E-state index in [9.17, 15) is 21.6 Å². The van der Waals surface area contributed by atoms with Gasteiger partial charge in [0, 0.05) is 13.1 Å². The first kappa shape index (κ1) is 20.2. The van der Waals surface area contributed by atoms with E-state index in [1.165, 1.54) is 12.1 Å². The number of nitrogens with two attached hydrogens (primary N) is 1. The first-order valence-electron chi connectivity index (χ1n) is 7.83. The van der Waals surface area contributed by atoms with Gasteiger partial charge in [0.15, 0.2) is 0 Å². The third-order valence-corrected chi connectivity index (χ3v) is 5.39. The lowest BCUT2D eigenvalue weighted by molar-refractivity contribution is -0.275. The molecular formula is C17H19F3N2O3S. The lowest BCUT2D eigenvalue weighted by Gasteiger charge is -2.23. The molecule has 0 aliphatic rings. The third-order valence-electron chi connectivity index (χ3n) is 3.51. The Bertz CT molecular complexity index is 812. The third kappa shape index (κ3) is 5.45. The molecule has 0 unspecified atom stereocenters. The van der Waals surface area contributed by atoms with Crippen molar-refractivity contribution in [2.75, 3.05) is 13.1 Å². The van der Waals surface area contributed by atoms with Crippen molar-refractivity contribution in [2.45, 2.75) is 24.2 Å². The summed E-state index contributed by atoms with van der Waals surface area (Å²) in [6, 6.07) is 13.5. The fourth-order valence-corrected chi connectivity index (χ4v) is 3.93. The van der Waals surface area contributed by atoms with Gasteiger partial charge in [-0.05, 0) is 30.7 Å². The Morgan fingerprint density at radius 2 is 1.62 bits per heavy atom. The number of para-hydroxylation sites is 1. The Labute approximate surface area is 150 Å². The Kier molecular flexibility index (Phi) is 6.63. The molecule has 0 amide bonds. The molecule has 26 heavy (non-hydrogen) atoms. The van der Waals surface area contributed by atoms with Crippen molar-refractivity contribution in [1.29, 1.82) is 0 Å². The van der Waals surface area contributed by atoms with Crippen LogP contribution in [0.3, 0.4) is 0 Å². The van der Waals surface area contributed by atoms with Crippen LogP contribution in [0.25, 0.3) is 0 Å². The number of hydrogen-bond acceptors (Lipinski definition) is 4. The number of sulfonamides is 1. The molecule has 0 fully saturated rings. The van der Waals surface area contributed by atoms with Crippen molar-refractivity contribution >= 4 is 10.0 Å². The molecule has 0 spiro atoms. The molecule has 2 aromatic carbocycles. The summed E-state index contributed by atoms with van der Waals surface area (Å²) in [7, 11) is -4.22. The van der Waals surface area contributed by atoms with E-state index in [-0.39, 0.29) is 19.6 Å². The fourth-order valence-electron chi connectivity index (χ4n) is 2.35. The maximum atomic E-state index is 13.0. The van der Waals surface area contributed by atoms with Crippen LogP contribution < -0.4 is 10.5 Å². The summed E-state index contributed by atoms with van der Waals surface area (Å²) < 4.78 is 68.8.